The van der Waals surface area contributed by atoms with Crippen LogP contribution in [-0.4, -0.2) is 28.0 Å². The van der Waals surface area contributed by atoms with Gasteiger partial charge in [-0.25, -0.2) is 4.79 Å². The van der Waals surface area contributed by atoms with Crippen molar-refractivity contribution in [2.45, 2.75) is 13.5 Å². The molecule has 8 heteroatoms. The SMILES string of the molecule is COC(=O)c1cc(C)sc1NC(=S)Nc1ccn(Cc2ccccc2)n1. The molecule has 0 aliphatic rings. The van der Waals surface area contributed by atoms with Crippen LogP contribution in [-0.2, 0) is 11.3 Å². The number of esters is 1. The quantitative estimate of drug-likeness (QED) is 0.512. The van der Waals surface area contributed by atoms with E-state index in [1.54, 1.807) is 6.07 Å². The Labute approximate surface area is 160 Å². The van der Waals surface area contributed by atoms with E-state index in [4.69, 9.17) is 17.0 Å². The molecule has 26 heavy (non-hydrogen) atoms. The first kappa shape index (κ1) is 18.1. The molecule has 0 amide bonds. The third kappa shape index (κ3) is 4.47. The number of methoxy groups -OCH3 is 1. The number of thiophene rings is 1. The van der Waals surface area contributed by atoms with Gasteiger partial charge in [0.05, 0.1) is 19.2 Å². The van der Waals surface area contributed by atoms with Crippen LogP contribution in [0.25, 0.3) is 0 Å². The molecule has 2 aromatic heterocycles. The molecule has 0 atom stereocenters. The van der Waals surface area contributed by atoms with E-state index in [-0.39, 0.29) is 0 Å². The molecule has 6 nitrogen and oxygen atoms in total. The predicted molar refractivity (Wildman–Crippen MR) is 108 cm³/mol. The molecule has 0 saturated heterocycles. The number of anilines is 2. The summed E-state index contributed by atoms with van der Waals surface area (Å²) < 4.78 is 6.63. The van der Waals surface area contributed by atoms with Gasteiger partial charge in [0, 0.05) is 17.1 Å². The second-order valence-electron chi connectivity index (χ2n) is 5.55. The van der Waals surface area contributed by atoms with Crippen LogP contribution < -0.4 is 10.6 Å². The second-order valence-corrected chi connectivity index (χ2v) is 7.22. The highest BCUT2D eigenvalue weighted by molar-refractivity contribution is 7.80. The Kier molecular flexibility index (Phi) is 5.65. The summed E-state index contributed by atoms with van der Waals surface area (Å²) in [5, 5.41) is 11.5. The highest BCUT2D eigenvalue weighted by atomic mass is 32.1. The predicted octanol–water partition coefficient (Wildman–Crippen LogP) is 3.90. The van der Waals surface area contributed by atoms with E-state index in [2.05, 4.69) is 27.9 Å². The van der Waals surface area contributed by atoms with Crippen LogP contribution in [0.5, 0.6) is 0 Å². The molecule has 2 heterocycles. The van der Waals surface area contributed by atoms with Crippen molar-refractivity contribution in [1.29, 1.82) is 0 Å². The van der Waals surface area contributed by atoms with Crippen LogP contribution in [0, 0.1) is 6.92 Å². The molecule has 0 aliphatic carbocycles. The zero-order chi connectivity index (χ0) is 18.5. The molecule has 0 radical (unpaired) electrons. The van der Waals surface area contributed by atoms with E-state index in [1.807, 2.05) is 42.1 Å². The average molecular weight is 387 g/mol. The summed E-state index contributed by atoms with van der Waals surface area (Å²) in [5.74, 6) is 0.234. The summed E-state index contributed by atoms with van der Waals surface area (Å²) >= 11 is 6.77. The zero-order valence-corrected chi connectivity index (χ0v) is 16.0. The van der Waals surface area contributed by atoms with E-state index in [0.717, 1.165) is 4.88 Å². The number of benzene rings is 1. The Morgan fingerprint density at radius 1 is 1.27 bits per heavy atom. The standard InChI is InChI=1S/C18H18N4O2S2/c1-12-10-14(17(23)24-2)16(26-12)20-18(25)19-15-8-9-22(21-15)11-13-6-4-3-5-7-13/h3-10H,11H2,1-2H3,(H2,19,20,21,25). The fourth-order valence-electron chi connectivity index (χ4n) is 2.41. The van der Waals surface area contributed by atoms with Crippen molar-refractivity contribution >= 4 is 45.5 Å². The highest BCUT2D eigenvalue weighted by Crippen LogP contribution is 2.28. The normalized spacial score (nSPS) is 10.4. The van der Waals surface area contributed by atoms with E-state index in [1.165, 1.54) is 24.0 Å². The molecule has 0 saturated carbocycles. The number of nitrogens with one attached hydrogen (secondary N) is 2. The fraction of sp³-hybridized carbons (Fsp3) is 0.167. The van der Waals surface area contributed by atoms with Gasteiger partial charge in [-0.05, 0) is 30.8 Å². The topological polar surface area (TPSA) is 68.2 Å². The van der Waals surface area contributed by atoms with Crippen molar-refractivity contribution in [3.8, 4) is 0 Å². The smallest absolute Gasteiger partial charge is 0.340 e. The van der Waals surface area contributed by atoms with Crippen molar-refractivity contribution in [2.75, 3.05) is 17.7 Å². The number of rotatable bonds is 5. The summed E-state index contributed by atoms with van der Waals surface area (Å²) in [4.78, 5) is 12.8. The van der Waals surface area contributed by atoms with Gasteiger partial charge in [-0.3, -0.25) is 4.68 Å². The zero-order valence-electron chi connectivity index (χ0n) is 14.4. The number of hydrogen-bond acceptors (Lipinski definition) is 5. The van der Waals surface area contributed by atoms with Gasteiger partial charge in [0.15, 0.2) is 10.9 Å². The van der Waals surface area contributed by atoms with E-state index < -0.39 is 5.97 Å². The Morgan fingerprint density at radius 2 is 2.04 bits per heavy atom. The van der Waals surface area contributed by atoms with Crippen molar-refractivity contribution in [2.24, 2.45) is 0 Å². The Bertz CT molecular complexity index is 918. The van der Waals surface area contributed by atoms with Crippen molar-refractivity contribution < 1.29 is 9.53 Å². The molecule has 1 aromatic carbocycles. The van der Waals surface area contributed by atoms with Crippen molar-refractivity contribution in [3.05, 3.63) is 64.7 Å². The maximum absolute atomic E-state index is 11.8. The lowest BCUT2D eigenvalue weighted by Gasteiger charge is -2.08. The lowest BCUT2D eigenvalue weighted by molar-refractivity contribution is 0.0602. The van der Waals surface area contributed by atoms with E-state index in [0.29, 0.717) is 28.0 Å². The number of carbonyl (C=O) groups is 1. The summed E-state index contributed by atoms with van der Waals surface area (Å²) in [5.41, 5.74) is 1.63. The highest BCUT2D eigenvalue weighted by Gasteiger charge is 2.16. The minimum atomic E-state index is -0.396. The third-order valence-corrected chi connectivity index (χ3v) is 4.73. The molecule has 3 aromatic rings. The Hall–Kier alpha value is -2.71. The Morgan fingerprint density at radius 3 is 2.77 bits per heavy atom. The monoisotopic (exact) mass is 386 g/mol. The van der Waals surface area contributed by atoms with Gasteiger partial charge in [-0.1, -0.05) is 30.3 Å². The first-order valence-electron chi connectivity index (χ1n) is 7.89. The average Bonchev–Trinajstić information content (AvgIpc) is 3.21. The van der Waals surface area contributed by atoms with Gasteiger partial charge in [0.25, 0.3) is 0 Å². The van der Waals surface area contributed by atoms with Crippen molar-refractivity contribution in [1.82, 2.24) is 9.78 Å². The molecule has 0 fully saturated rings. The minimum absolute atomic E-state index is 0.363. The fourth-order valence-corrected chi connectivity index (χ4v) is 3.58. The molecule has 0 bridgehead atoms. The number of ether oxygens (including phenoxy) is 1. The molecule has 2 N–H and O–H groups in total. The summed E-state index contributed by atoms with van der Waals surface area (Å²) in [6.45, 7) is 2.60. The summed E-state index contributed by atoms with van der Waals surface area (Å²) in [7, 11) is 1.36. The minimum Gasteiger partial charge on any atom is -0.465 e. The first-order valence-corrected chi connectivity index (χ1v) is 9.12. The van der Waals surface area contributed by atoms with Gasteiger partial charge < -0.3 is 15.4 Å². The van der Waals surface area contributed by atoms with E-state index in [9.17, 15) is 4.79 Å². The first-order chi connectivity index (χ1) is 12.5. The molecule has 0 unspecified atom stereocenters. The van der Waals surface area contributed by atoms with Crippen LogP contribution in [0.15, 0.2) is 48.7 Å². The van der Waals surface area contributed by atoms with Gasteiger partial charge in [-0.2, -0.15) is 5.10 Å². The number of aryl methyl sites for hydroxylation is 1. The van der Waals surface area contributed by atoms with Gasteiger partial charge in [0.1, 0.15) is 5.00 Å². The largest absolute Gasteiger partial charge is 0.465 e. The van der Waals surface area contributed by atoms with Crippen LogP contribution in [0.2, 0.25) is 0 Å². The number of thiocarbonyl (C=S) groups is 1. The summed E-state index contributed by atoms with van der Waals surface area (Å²) in [6, 6.07) is 13.7. The molecular formula is C18H18N4O2S2. The van der Waals surface area contributed by atoms with Crippen LogP contribution in [0.1, 0.15) is 20.8 Å². The maximum atomic E-state index is 11.8. The van der Waals surface area contributed by atoms with Gasteiger partial charge in [-0.15, -0.1) is 11.3 Å². The Balaban J connectivity index is 1.63. The van der Waals surface area contributed by atoms with Crippen LogP contribution in [0.3, 0.4) is 0 Å². The number of hydrogen-bond donors (Lipinski definition) is 2. The lowest BCUT2D eigenvalue weighted by Crippen LogP contribution is -2.20. The number of carbonyl (C=O) groups excluding carboxylic acids is 1. The molecule has 3 rings (SSSR count). The van der Waals surface area contributed by atoms with Crippen LogP contribution >= 0.6 is 23.6 Å². The molecule has 134 valence electrons. The number of aromatic nitrogens is 2. The van der Waals surface area contributed by atoms with E-state index >= 15 is 0 Å². The second kappa shape index (κ2) is 8.11. The maximum Gasteiger partial charge on any atom is 0.340 e. The molecule has 0 spiro atoms. The third-order valence-electron chi connectivity index (χ3n) is 3.56. The molecule has 0 aliphatic heterocycles. The summed E-state index contributed by atoms with van der Waals surface area (Å²) in [6.07, 6.45) is 1.88. The lowest BCUT2D eigenvalue weighted by atomic mass is 10.2. The van der Waals surface area contributed by atoms with Gasteiger partial charge in [0.2, 0.25) is 0 Å². The molecular weight excluding hydrogens is 368 g/mol. The van der Waals surface area contributed by atoms with Crippen LogP contribution in [0.4, 0.5) is 10.8 Å². The number of nitrogens with zero attached hydrogens (tertiary/aromatic N) is 2. The van der Waals surface area contributed by atoms with Gasteiger partial charge >= 0.3 is 5.97 Å². The van der Waals surface area contributed by atoms with Crippen molar-refractivity contribution in [3.63, 3.8) is 0 Å².